The van der Waals surface area contributed by atoms with Gasteiger partial charge in [-0.2, -0.15) is 0 Å². The number of thioether (sulfide) groups is 1. The Balaban J connectivity index is 1.59. The number of fused-ring (bicyclic) bond motifs is 1. The molecule has 0 unspecified atom stereocenters. The molecule has 47 heavy (non-hydrogen) atoms. The van der Waals surface area contributed by atoms with Crippen molar-refractivity contribution in [3.05, 3.63) is 125 Å². The fourth-order valence-corrected chi connectivity index (χ4v) is 6.94. The first-order valence-electron chi connectivity index (χ1n) is 15.1. The van der Waals surface area contributed by atoms with Gasteiger partial charge in [0.25, 0.3) is 5.91 Å². The number of hydrogen-bond donors (Lipinski definition) is 0. The molecule has 2 atom stereocenters. The first kappa shape index (κ1) is 33.3. The molecule has 0 radical (unpaired) electrons. The van der Waals surface area contributed by atoms with Crippen LogP contribution in [-0.2, 0) is 25.6 Å². The molecule has 1 amide bonds. The zero-order valence-corrected chi connectivity index (χ0v) is 27.8. The van der Waals surface area contributed by atoms with Gasteiger partial charge >= 0.3 is 11.9 Å². The van der Waals surface area contributed by atoms with Crippen molar-refractivity contribution < 1.29 is 33.3 Å². The number of carbonyl (C=O) groups is 3. The summed E-state index contributed by atoms with van der Waals surface area (Å²) in [5.74, 6) is -0.0601. The lowest BCUT2D eigenvalue weighted by molar-refractivity contribution is -0.158. The molecule has 0 aliphatic carbocycles. The standard InChI is InChI=1S/C38H37NO7S/c1-25(40)45-36-35(47-30-17-10-7-11-18-30)31-21-20-28(33(44-5)34(31)46-38(36,2)3)24-39(37(42)27-14-8-6-9-15-27)29-16-12-13-26(23-29)19-22-32(41)43-4/h6-23,35-36H,24H2,1-5H3/b22-19+/t35-,36+/m1/s1. The summed E-state index contributed by atoms with van der Waals surface area (Å²) in [6.45, 7) is 5.35. The summed E-state index contributed by atoms with van der Waals surface area (Å²) in [6, 6.07) is 30.2. The zero-order valence-electron chi connectivity index (χ0n) is 27.0. The third-order valence-corrected chi connectivity index (χ3v) is 9.05. The Kier molecular flexibility index (Phi) is 10.4. The summed E-state index contributed by atoms with van der Waals surface area (Å²) in [5.41, 5.74) is 2.49. The fourth-order valence-electron chi connectivity index (χ4n) is 5.51. The molecule has 8 nitrogen and oxygen atoms in total. The van der Waals surface area contributed by atoms with Crippen LogP contribution in [0, 0.1) is 0 Å². The molecule has 4 aromatic carbocycles. The summed E-state index contributed by atoms with van der Waals surface area (Å²) in [5, 5.41) is -0.302. The predicted molar refractivity (Wildman–Crippen MR) is 183 cm³/mol. The zero-order chi connectivity index (χ0) is 33.6. The third kappa shape index (κ3) is 7.69. The van der Waals surface area contributed by atoms with Crippen molar-refractivity contribution in [2.45, 2.75) is 49.2 Å². The molecule has 1 heterocycles. The Labute approximate surface area is 279 Å². The second-order valence-electron chi connectivity index (χ2n) is 11.5. The maximum absolute atomic E-state index is 14.1. The summed E-state index contributed by atoms with van der Waals surface area (Å²) < 4.78 is 23.3. The van der Waals surface area contributed by atoms with E-state index in [4.69, 9.17) is 18.9 Å². The molecule has 4 aromatic rings. The van der Waals surface area contributed by atoms with Crippen molar-refractivity contribution in [1.82, 2.24) is 0 Å². The predicted octanol–water partition coefficient (Wildman–Crippen LogP) is 7.66. The van der Waals surface area contributed by atoms with E-state index in [9.17, 15) is 14.4 Å². The minimum absolute atomic E-state index is 0.155. The second kappa shape index (κ2) is 14.6. The second-order valence-corrected chi connectivity index (χ2v) is 12.7. The van der Waals surface area contributed by atoms with Gasteiger partial charge in [0.15, 0.2) is 17.6 Å². The summed E-state index contributed by atoms with van der Waals surface area (Å²) in [4.78, 5) is 40.8. The molecular formula is C38H37NO7S. The average Bonchev–Trinajstić information content (AvgIpc) is 3.07. The van der Waals surface area contributed by atoms with E-state index in [0.29, 0.717) is 22.7 Å². The molecule has 1 aliphatic rings. The van der Waals surface area contributed by atoms with Crippen molar-refractivity contribution in [2.75, 3.05) is 19.1 Å². The van der Waals surface area contributed by atoms with Gasteiger partial charge < -0.3 is 23.8 Å². The van der Waals surface area contributed by atoms with Crippen LogP contribution in [0.1, 0.15) is 53.1 Å². The van der Waals surface area contributed by atoms with Crippen LogP contribution in [0.25, 0.3) is 6.08 Å². The van der Waals surface area contributed by atoms with E-state index >= 15 is 0 Å². The van der Waals surface area contributed by atoms with Crippen molar-refractivity contribution in [1.29, 1.82) is 0 Å². The number of ether oxygens (including phenoxy) is 4. The number of hydrogen-bond acceptors (Lipinski definition) is 8. The van der Waals surface area contributed by atoms with Gasteiger partial charge in [-0.15, -0.1) is 11.8 Å². The van der Waals surface area contributed by atoms with E-state index in [0.717, 1.165) is 21.6 Å². The van der Waals surface area contributed by atoms with Gasteiger partial charge in [-0.25, -0.2) is 4.79 Å². The van der Waals surface area contributed by atoms with Gasteiger partial charge in [-0.1, -0.05) is 60.7 Å². The highest BCUT2D eigenvalue weighted by atomic mass is 32.2. The van der Waals surface area contributed by atoms with Gasteiger partial charge in [0, 0.05) is 40.3 Å². The number of rotatable bonds is 10. The maximum atomic E-state index is 14.1. The highest BCUT2D eigenvalue weighted by Gasteiger charge is 2.48. The van der Waals surface area contributed by atoms with Gasteiger partial charge in [-0.05, 0) is 61.9 Å². The van der Waals surface area contributed by atoms with Crippen LogP contribution in [0.15, 0.2) is 108 Å². The van der Waals surface area contributed by atoms with Crippen LogP contribution in [0.3, 0.4) is 0 Å². The maximum Gasteiger partial charge on any atom is 0.330 e. The molecule has 0 saturated carbocycles. The number of nitrogens with zero attached hydrogens (tertiary/aromatic N) is 1. The molecule has 0 bridgehead atoms. The van der Waals surface area contributed by atoms with Crippen molar-refractivity contribution >= 4 is 41.4 Å². The van der Waals surface area contributed by atoms with E-state index < -0.39 is 23.6 Å². The normalized spacial score (nSPS) is 16.4. The molecular weight excluding hydrogens is 614 g/mol. The van der Waals surface area contributed by atoms with Crippen LogP contribution in [0.2, 0.25) is 0 Å². The quantitative estimate of drug-likeness (QED) is 0.128. The lowest BCUT2D eigenvalue weighted by Gasteiger charge is -2.44. The molecule has 5 rings (SSSR count). The van der Waals surface area contributed by atoms with Gasteiger partial charge in [0.05, 0.1) is 26.0 Å². The number of carbonyl (C=O) groups excluding carboxylic acids is 3. The highest BCUT2D eigenvalue weighted by Crippen LogP contribution is 2.54. The fraction of sp³-hybridized carbons (Fsp3) is 0.237. The van der Waals surface area contributed by atoms with Crippen molar-refractivity contribution in [2.24, 2.45) is 0 Å². The Morgan fingerprint density at radius 1 is 0.915 bits per heavy atom. The number of amides is 1. The molecule has 242 valence electrons. The molecule has 0 N–H and O–H groups in total. The Bertz CT molecular complexity index is 1770. The molecule has 0 saturated heterocycles. The van der Waals surface area contributed by atoms with Gasteiger partial charge in [0.2, 0.25) is 0 Å². The third-order valence-electron chi connectivity index (χ3n) is 7.75. The van der Waals surface area contributed by atoms with Crippen molar-refractivity contribution in [3.8, 4) is 11.5 Å². The minimum atomic E-state index is -0.906. The topological polar surface area (TPSA) is 91.4 Å². The van der Waals surface area contributed by atoms with E-state index in [1.807, 2.05) is 98.8 Å². The van der Waals surface area contributed by atoms with Crippen LogP contribution in [0.4, 0.5) is 5.69 Å². The molecule has 0 fully saturated rings. The summed E-state index contributed by atoms with van der Waals surface area (Å²) in [7, 11) is 2.90. The van der Waals surface area contributed by atoms with E-state index in [2.05, 4.69) is 0 Å². The number of benzene rings is 4. The van der Waals surface area contributed by atoms with E-state index in [1.54, 1.807) is 42.0 Å². The van der Waals surface area contributed by atoms with E-state index in [-0.39, 0.29) is 17.7 Å². The molecule has 1 aliphatic heterocycles. The monoisotopic (exact) mass is 651 g/mol. The first-order valence-corrected chi connectivity index (χ1v) is 16.0. The number of methoxy groups -OCH3 is 2. The number of esters is 2. The Morgan fingerprint density at radius 3 is 2.28 bits per heavy atom. The van der Waals surface area contributed by atoms with Crippen LogP contribution < -0.4 is 14.4 Å². The van der Waals surface area contributed by atoms with Crippen LogP contribution in [0.5, 0.6) is 11.5 Å². The molecule has 0 spiro atoms. The summed E-state index contributed by atoms with van der Waals surface area (Å²) >= 11 is 1.59. The largest absolute Gasteiger partial charge is 0.492 e. The average molecular weight is 652 g/mol. The van der Waals surface area contributed by atoms with Crippen LogP contribution in [-0.4, -0.2) is 43.8 Å². The molecule has 0 aromatic heterocycles. The van der Waals surface area contributed by atoms with Gasteiger partial charge in [0.1, 0.15) is 5.60 Å². The number of anilines is 1. The van der Waals surface area contributed by atoms with Crippen LogP contribution >= 0.6 is 11.8 Å². The SMILES string of the molecule is COC(=O)/C=C/c1cccc(N(Cc2ccc3c(c2OC)OC(C)(C)[C@@H](OC(C)=O)[C@@H]3Sc2ccccc2)C(=O)c2ccccc2)c1. The van der Waals surface area contributed by atoms with Gasteiger partial charge in [-0.3, -0.25) is 9.59 Å². The highest BCUT2D eigenvalue weighted by molar-refractivity contribution is 7.99. The smallest absolute Gasteiger partial charge is 0.330 e. The Hall–Kier alpha value is -5.02. The van der Waals surface area contributed by atoms with E-state index in [1.165, 1.54) is 20.1 Å². The summed E-state index contributed by atoms with van der Waals surface area (Å²) in [6.07, 6.45) is 2.38. The lowest BCUT2D eigenvalue weighted by Crippen LogP contribution is -2.50. The van der Waals surface area contributed by atoms with Crippen molar-refractivity contribution in [3.63, 3.8) is 0 Å². The minimum Gasteiger partial charge on any atom is -0.492 e. The lowest BCUT2D eigenvalue weighted by atomic mass is 9.89. The Morgan fingerprint density at radius 2 is 1.62 bits per heavy atom. The molecule has 9 heteroatoms. The first-order chi connectivity index (χ1) is 22.6.